The number of hydrogen-bond acceptors (Lipinski definition) is 2. The Hall–Kier alpha value is -0.780. The van der Waals surface area contributed by atoms with E-state index in [4.69, 9.17) is 5.73 Å². The second-order valence-electron chi connectivity index (χ2n) is 4.49. The van der Waals surface area contributed by atoms with Crippen LogP contribution < -0.4 is 11.1 Å². The third-order valence-electron chi connectivity index (χ3n) is 2.30. The minimum absolute atomic E-state index is 0.222. The highest BCUT2D eigenvalue weighted by molar-refractivity contribution is 5.86. The fourth-order valence-electron chi connectivity index (χ4n) is 1.02. The number of nitrogens with one attached hydrogen (secondary N) is 1. The molecule has 0 radical (unpaired) electrons. The van der Waals surface area contributed by atoms with Gasteiger partial charge in [0.1, 0.15) is 0 Å². The zero-order chi connectivity index (χ0) is 13.0. The molecule has 0 bridgehead atoms. The molecule has 0 heterocycles. The summed E-state index contributed by atoms with van der Waals surface area (Å²) in [4.78, 5) is 11.2. The Balaban J connectivity index is 4.07. The molecule has 1 atom stereocenters. The van der Waals surface area contributed by atoms with Gasteiger partial charge < -0.3 is 11.1 Å². The molecule has 96 valence electrons. The van der Waals surface area contributed by atoms with Crippen LogP contribution in [-0.2, 0) is 4.79 Å². The SMILES string of the molecule is CC(C)CCCNC(=O)C(C)(N)C(F)(F)F. The van der Waals surface area contributed by atoms with Gasteiger partial charge >= 0.3 is 6.18 Å². The molecule has 0 aromatic rings. The molecule has 0 aliphatic heterocycles. The molecule has 0 saturated heterocycles. The zero-order valence-corrected chi connectivity index (χ0v) is 9.82. The highest BCUT2D eigenvalue weighted by Crippen LogP contribution is 2.27. The van der Waals surface area contributed by atoms with Crippen LogP contribution in [0.3, 0.4) is 0 Å². The largest absolute Gasteiger partial charge is 0.415 e. The van der Waals surface area contributed by atoms with Crippen LogP contribution in [0.25, 0.3) is 0 Å². The van der Waals surface area contributed by atoms with Crippen molar-refractivity contribution in [2.24, 2.45) is 11.7 Å². The predicted octanol–water partition coefficient (Wildman–Crippen LogP) is 1.82. The maximum absolute atomic E-state index is 12.3. The first-order valence-corrected chi connectivity index (χ1v) is 5.23. The number of carbonyl (C=O) groups excluding carboxylic acids is 1. The van der Waals surface area contributed by atoms with Crippen molar-refractivity contribution in [2.75, 3.05) is 6.54 Å². The minimum atomic E-state index is -4.73. The number of amides is 1. The number of alkyl halides is 3. The van der Waals surface area contributed by atoms with E-state index in [-0.39, 0.29) is 6.54 Å². The summed E-state index contributed by atoms with van der Waals surface area (Å²) in [5, 5.41) is 2.20. The van der Waals surface area contributed by atoms with Crippen LogP contribution in [0.2, 0.25) is 0 Å². The summed E-state index contributed by atoms with van der Waals surface area (Å²) >= 11 is 0. The lowest BCUT2D eigenvalue weighted by atomic mass is 10.0. The molecule has 6 heteroatoms. The summed E-state index contributed by atoms with van der Waals surface area (Å²) in [5.74, 6) is -0.715. The maximum atomic E-state index is 12.3. The first-order valence-electron chi connectivity index (χ1n) is 5.23. The van der Waals surface area contributed by atoms with Crippen molar-refractivity contribution >= 4 is 5.91 Å². The molecular weight excluding hydrogens is 221 g/mol. The molecule has 0 fully saturated rings. The van der Waals surface area contributed by atoms with E-state index < -0.39 is 17.6 Å². The third kappa shape index (κ3) is 4.38. The lowest BCUT2D eigenvalue weighted by Crippen LogP contribution is -2.61. The third-order valence-corrected chi connectivity index (χ3v) is 2.30. The van der Waals surface area contributed by atoms with Crippen molar-refractivity contribution in [3.8, 4) is 0 Å². The van der Waals surface area contributed by atoms with Gasteiger partial charge in [0.25, 0.3) is 0 Å². The van der Waals surface area contributed by atoms with E-state index in [0.717, 1.165) is 6.42 Å². The molecule has 16 heavy (non-hydrogen) atoms. The first-order chi connectivity index (χ1) is 7.09. The molecule has 0 spiro atoms. The standard InChI is InChI=1S/C10H19F3N2O/c1-7(2)5-4-6-15-8(16)9(3,14)10(11,12)13/h7H,4-6,14H2,1-3H3,(H,15,16). The number of rotatable bonds is 5. The molecule has 1 amide bonds. The number of nitrogens with two attached hydrogens (primary N) is 1. The summed E-state index contributed by atoms with van der Waals surface area (Å²) in [6.07, 6.45) is -3.22. The summed E-state index contributed by atoms with van der Waals surface area (Å²) in [6.45, 7) is 4.90. The van der Waals surface area contributed by atoms with Crippen molar-refractivity contribution in [1.29, 1.82) is 0 Å². The molecule has 0 rings (SSSR count). The highest BCUT2D eigenvalue weighted by atomic mass is 19.4. The average molecular weight is 240 g/mol. The van der Waals surface area contributed by atoms with Crippen LogP contribution in [0.15, 0.2) is 0 Å². The average Bonchev–Trinajstić information content (AvgIpc) is 2.09. The zero-order valence-electron chi connectivity index (χ0n) is 9.82. The Morgan fingerprint density at radius 1 is 1.38 bits per heavy atom. The van der Waals surface area contributed by atoms with Crippen molar-refractivity contribution in [2.45, 2.75) is 45.3 Å². The highest BCUT2D eigenvalue weighted by Gasteiger charge is 2.53. The lowest BCUT2D eigenvalue weighted by molar-refractivity contribution is -0.187. The molecular formula is C10H19F3N2O. The fraction of sp³-hybridized carbons (Fsp3) is 0.900. The molecule has 0 aromatic heterocycles. The second kappa shape index (κ2) is 5.52. The number of hydrogen-bond donors (Lipinski definition) is 2. The molecule has 3 nitrogen and oxygen atoms in total. The van der Waals surface area contributed by atoms with Crippen LogP contribution in [0, 0.1) is 5.92 Å². The van der Waals surface area contributed by atoms with E-state index in [2.05, 4.69) is 5.32 Å². The van der Waals surface area contributed by atoms with Crippen LogP contribution in [-0.4, -0.2) is 24.2 Å². The van der Waals surface area contributed by atoms with Gasteiger partial charge in [-0.3, -0.25) is 4.79 Å². The van der Waals surface area contributed by atoms with Crippen molar-refractivity contribution < 1.29 is 18.0 Å². The smallest absolute Gasteiger partial charge is 0.354 e. The van der Waals surface area contributed by atoms with Gasteiger partial charge in [0.15, 0.2) is 5.54 Å². The Kier molecular flexibility index (Phi) is 5.25. The van der Waals surface area contributed by atoms with E-state index in [1.807, 2.05) is 13.8 Å². The topological polar surface area (TPSA) is 55.1 Å². The molecule has 0 aliphatic carbocycles. The molecule has 0 saturated carbocycles. The number of carbonyl (C=O) groups is 1. The van der Waals surface area contributed by atoms with Crippen molar-refractivity contribution in [3.63, 3.8) is 0 Å². The van der Waals surface area contributed by atoms with Gasteiger partial charge in [-0.1, -0.05) is 13.8 Å². The van der Waals surface area contributed by atoms with Gasteiger partial charge in [-0.05, 0) is 25.7 Å². The van der Waals surface area contributed by atoms with Crippen molar-refractivity contribution in [1.82, 2.24) is 5.32 Å². The Morgan fingerprint density at radius 3 is 2.25 bits per heavy atom. The molecule has 3 N–H and O–H groups in total. The summed E-state index contributed by atoms with van der Waals surface area (Å²) in [6, 6.07) is 0. The van der Waals surface area contributed by atoms with Crippen LogP contribution in [0.4, 0.5) is 13.2 Å². The molecule has 0 aliphatic rings. The van der Waals surface area contributed by atoms with Crippen molar-refractivity contribution in [3.05, 3.63) is 0 Å². The van der Waals surface area contributed by atoms with Gasteiger partial charge in [0.05, 0.1) is 0 Å². The van der Waals surface area contributed by atoms with E-state index in [1.165, 1.54) is 0 Å². The minimum Gasteiger partial charge on any atom is -0.354 e. The van der Waals surface area contributed by atoms with E-state index in [1.54, 1.807) is 0 Å². The predicted molar refractivity (Wildman–Crippen MR) is 55.7 cm³/mol. The normalized spacial score (nSPS) is 16.0. The maximum Gasteiger partial charge on any atom is 0.415 e. The molecule has 1 unspecified atom stereocenters. The van der Waals surface area contributed by atoms with Crippen LogP contribution in [0.1, 0.15) is 33.6 Å². The monoisotopic (exact) mass is 240 g/mol. The molecule has 0 aromatic carbocycles. The Labute approximate surface area is 93.6 Å². The summed E-state index contributed by atoms with van der Waals surface area (Å²) in [7, 11) is 0. The van der Waals surface area contributed by atoms with E-state index >= 15 is 0 Å². The van der Waals surface area contributed by atoms with Crippen LogP contribution in [0.5, 0.6) is 0 Å². The van der Waals surface area contributed by atoms with Gasteiger partial charge in [0.2, 0.25) is 5.91 Å². The Morgan fingerprint density at radius 2 is 1.88 bits per heavy atom. The quantitative estimate of drug-likeness (QED) is 0.720. The Bertz CT molecular complexity index is 237. The van der Waals surface area contributed by atoms with Gasteiger partial charge in [-0.25, -0.2) is 0 Å². The van der Waals surface area contributed by atoms with Gasteiger partial charge in [-0.2, -0.15) is 13.2 Å². The van der Waals surface area contributed by atoms with E-state index in [0.29, 0.717) is 19.3 Å². The van der Waals surface area contributed by atoms with E-state index in [9.17, 15) is 18.0 Å². The summed E-state index contributed by atoms with van der Waals surface area (Å²) in [5.41, 5.74) is 2.13. The lowest BCUT2D eigenvalue weighted by Gasteiger charge is -2.26. The van der Waals surface area contributed by atoms with Gasteiger partial charge in [0, 0.05) is 6.54 Å². The first kappa shape index (κ1) is 15.2. The number of halogens is 3. The second-order valence-corrected chi connectivity index (χ2v) is 4.49. The fourth-order valence-corrected chi connectivity index (χ4v) is 1.02. The van der Waals surface area contributed by atoms with Crippen LogP contribution >= 0.6 is 0 Å². The van der Waals surface area contributed by atoms with Gasteiger partial charge in [-0.15, -0.1) is 0 Å². The summed E-state index contributed by atoms with van der Waals surface area (Å²) < 4.78 is 37.0.